The lowest BCUT2D eigenvalue weighted by atomic mass is 10.1. The molecule has 1 heterocycles. The Morgan fingerprint density at radius 1 is 1.33 bits per heavy atom. The second-order valence-electron chi connectivity index (χ2n) is 4.89. The summed E-state index contributed by atoms with van der Waals surface area (Å²) in [6, 6.07) is 4.60. The van der Waals surface area contributed by atoms with Crippen LogP contribution in [0.2, 0.25) is 0 Å². The van der Waals surface area contributed by atoms with Crippen molar-refractivity contribution in [3.8, 4) is 0 Å². The lowest BCUT2D eigenvalue weighted by molar-refractivity contribution is -0.123. The molecule has 4 heteroatoms. The molecule has 0 saturated heterocycles. The Hall–Kier alpha value is -0.870. The first kappa shape index (κ1) is 15.2. The topological polar surface area (TPSA) is 41.1 Å². The zero-order valence-electron chi connectivity index (χ0n) is 11.7. The van der Waals surface area contributed by atoms with Gasteiger partial charge in [0.15, 0.2) is 0 Å². The zero-order chi connectivity index (χ0) is 13.5. The van der Waals surface area contributed by atoms with E-state index in [2.05, 4.69) is 42.0 Å². The monoisotopic (exact) mass is 268 g/mol. The van der Waals surface area contributed by atoms with Crippen molar-refractivity contribution < 1.29 is 4.79 Å². The Morgan fingerprint density at radius 3 is 2.61 bits per heavy atom. The van der Waals surface area contributed by atoms with Gasteiger partial charge in [-0.25, -0.2) is 0 Å². The fraction of sp³-hybridized carbons (Fsp3) is 0.643. The van der Waals surface area contributed by atoms with E-state index in [1.165, 1.54) is 4.88 Å². The molecule has 0 bridgehead atoms. The van der Waals surface area contributed by atoms with Crippen molar-refractivity contribution in [3.05, 3.63) is 22.4 Å². The van der Waals surface area contributed by atoms with Gasteiger partial charge in [0, 0.05) is 17.0 Å². The lowest BCUT2D eigenvalue weighted by Crippen LogP contribution is -2.48. The van der Waals surface area contributed by atoms with Crippen LogP contribution in [0.5, 0.6) is 0 Å². The molecular weight excluding hydrogens is 244 g/mol. The van der Waals surface area contributed by atoms with Crippen molar-refractivity contribution in [1.82, 2.24) is 10.6 Å². The maximum atomic E-state index is 11.9. The van der Waals surface area contributed by atoms with E-state index in [4.69, 9.17) is 0 Å². The Balaban J connectivity index is 2.34. The summed E-state index contributed by atoms with van der Waals surface area (Å²) >= 11 is 1.76. The number of rotatable bonds is 7. The van der Waals surface area contributed by atoms with Crippen molar-refractivity contribution in [2.45, 2.75) is 58.7 Å². The van der Waals surface area contributed by atoms with Crippen LogP contribution in [0.4, 0.5) is 0 Å². The van der Waals surface area contributed by atoms with Crippen LogP contribution in [-0.4, -0.2) is 24.0 Å². The highest BCUT2D eigenvalue weighted by Gasteiger charge is 2.16. The molecule has 0 saturated carbocycles. The van der Waals surface area contributed by atoms with Gasteiger partial charge in [0.1, 0.15) is 0 Å². The van der Waals surface area contributed by atoms with Gasteiger partial charge in [-0.3, -0.25) is 4.79 Å². The molecule has 0 aromatic carbocycles. The molecule has 2 N–H and O–H groups in total. The predicted molar refractivity (Wildman–Crippen MR) is 78.0 cm³/mol. The minimum absolute atomic E-state index is 0.0855. The van der Waals surface area contributed by atoms with E-state index in [0.717, 1.165) is 12.8 Å². The number of amides is 1. The van der Waals surface area contributed by atoms with E-state index in [1.807, 2.05) is 13.8 Å². The number of carbonyl (C=O) groups is 1. The number of hydrogen-bond donors (Lipinski definition) is 2. The number of nitrogens with one attached hydrogen (secondary N) is 2. The third-order valence-corrected chi connectivity index (χ3v) is 3.92. The van der Waals surface area contributed by atoms with Crippen LogP contribution < -0.4 is 10.6 Å². The summed E-state index contributed by atoms with van der Waals surface area (Å²) in [5.74, 6) is 0.0855. The van der Waals surface area contributed by atoms with E-state index < -0.39 is 0 Å². The van der Waals surface area contributed by atoms with E-state index >= 15 is 0 Å². The van der Waals surface area contributed by atoms with Gasteiger partial charge < -0.3 is 10.6 Å². The van der Waals surface area contributed by atoms with Gasteiger partial charge in [-0.05, 0) is 45.1 Å². The van der Waals surface area contributed by atoms with Crippen LogP contribution in [0.15, 0.2) is 17.5 Å². The SMILES string of the molecule is CCC(C)NC(=O)C(C)NC(C)Cc1cccs1. The molecule has 0 aliphatic carbocycles. The fourth-order valence-electron chi connectivity index (χ4n) is 1.76. The first-order chi connectivity index (χ1) is 8.52. The van der Waals surface area contributed by atoms with Crippen molar-refractivity contribution in [2.24, 2.45) is 0 Å². The summed E-state index contributed by atoms with van der Waals surface area (Å²) in [5.41, 5.74) is 0. The Kier molecular flexibility index (Phi) is 6.36. The molecule has 0 aliphatic rings. The van der Waals surface area contributed by atoms with Crippen LogP contribution >= 0.6 is 11.3 Å². The quantitative estimate of drug-likeness (QED) is 0.798. The molecule has 0 radical (unpaired) electrons. The van der Waals surface area contributed by atoms with E-state index in [9.17, 15) is 4.79 Å². The highest BCUT2D eigenvalue weighted by atomic mass is 32.1. The highest BCUT2D eigenvalue weighted by molar-refractivity contribution is 7.09. The van der Waals surface area contributed by atoms with Gasteiger partial charge in [0.05, 0.1) is 6.04 Å². The molecule has 18 heavy (non-hydrogen) atoms. The second kappa shape index (κ2) is 7.54. The zero-order valence-corrected chi connectivity index (χ0v) is 12.5. The summed E-state index contributed by atoms with van der Waals surface area (Å²) in [6.45, 7) is 8.14. The normalized spacial score (nSPS) is 16.0. The van der Waals surface area contributed by atoms with Crippen LogP contribution in [0.1, 0.15) is 39.0 Å². The van der Waals surface area contributed by atoms with Gasteiger partial charge >= 0.3 is 0 Å². The minimum atomic E-state index is -0.144. The molecule has 0 spiro atoms. The second-order valence-corrected chi connectivity index (χ2v) is 5.92. The highest BCUT2D eigenvalue weighted by Crippen LogP contribution is 2.11. The van der Waals surface area contributed by atoms with Crippen molar-refractivity contribution in [3.63, 3.8) is 0 Å². The molecule has 1 aromatic rings. The third kappa shape index (κ3) is 5.19. The van der Waals surface area contributed by atoms with Crippen molar-refractivity contribution in [1.29, 1.82) is 0 Å². The average molecular weight is 268 g/mol. The first-order valence-electron chi connectivity index (χ1n) is 6.61. The molecule has 0 aliphatic heterocycles. The molecule has 1 amide bonds. The number of carbonyl (C=O) groups excluding carboxylic acids is 1. The van der Waals surface area contributed by atoms with Crippen molar-refractivity contribution in [2.75, 3.05) is 0 Å². The first-order valence-corrected chi connectivity index (χ1v) is 7.49. The van der Waals surface area contributed by atoms with Crippen LogP contribution in [-0.2, 0) is 11.2 Å². The third-order valence-electron chi connectivity index (χ3n) is 3.02. The fourth-order valence-corrected chi connectivity index (χ4v) is 2.60. The van der Waals surface area contributed by atoms with E-state index in [-0.39, 0.29) is 18.0 Å². The Morgan fingerprint density at radius 2 is 2.06 bits per heavy atom. The van der Waals surface area contributed by atoms with E-state index in [0.29, 0.717) is 6.04 Å². The minimum Gasteiger partial charge on any atom is -0.352 e. The van der Waals surface area contributed by atoms with Gasteiger partial charge in [-0.15, -0.1) is 11.3 Å². The summed E-state index contributed by atoms with van der Waals surface area (Å²) < 4.78 is 0. The molecule has 3 nitrogen and oxygen atoms in total. The molecule has 1 rings (SSSR count). The van der Waals surface area contributed by atoms with Crippen LogP contribution in [0.3, 0.4) is 0 Å². The molecule has 0 fully saturated rings. The smallest absolute Gasteiger partial charge is 0.237 e. The maximum absolute atomic E-state index is 11.9. The van der Waals surface area contributed by atoms with Crippen LogP contribution in [0.25, 0.3) is 0 Å². The summed E-state index contributed by atoms with van der Waals surface area (Å²) in [7, 11) is 0. The molecule has 1 aromatic heterocycles. The average Bonchev–Trinajstić information content (AvgIpc) is 2.81. The summed E-state index contributed by atoms with van der Waals surface area (Å²) in [5, 5.41) is 8.42. The number of hydrogen-bond acceptors (Lipinski definition) is 3. The van der Waals surface area contributed by atoms with E-state index in [1.54, 1.807) is 11.3 Å². The van der Waals surface area contributed by atoms with Gasteiger partial charge in [-0.2, -0.15) is 0 Å². The lowest BCUT2D eigenvalue weighted by Gasteiger charge is -2.21. The molecule has 3 atom stereocenters. The Labute approximate surface area is 114 Å². The molecular formula is C14H24N2OS. The largest absolute Gasteiger partial charge is 0.352 e. The standard InChI is InChI=1S/C14H24N2OS/c1-5-10(2)16-14(17)12(4)15-11(3)9-13-7-6-8-18-13/h6-8,10-12,15H,5,9H2,1-4H3,(H,16,17). The summed E-state index contributed by atoms with van der Waals surface area (Å²) in [6.07, 6.45) is 1.93. The predicted octanol–water partition coefficient (Wildman–Crippen LogP) is 2.57. The molecule has 3 unspecified atom stereocenters. The summed E-state index contributed by atoms with van der Waals surface area (Å²) in [4.78, 5) is 13.2. The Bertz CT molecular complexity index is 351. The van der Waals surface area contributed by atoms with Crippen LogP contribution in [0, 0.1) is 0 Å². The van der Waals surface area contributed by atoms with Gasteiger partial charge in [-0.1, -0.05) is 13.0 Å². The van der Waals surface area contributed by atoms with Gasteiger partial charge in [0.25, 0.3) is 0 Å². The maximum Gasteiger partial charge on any atom is 0.237 e. The molecule has 102 valence electrons. The number of thiophene rings is 1. The van der Waals surface area contributed by atoms with Crippen molar-refractivity contribution >= 4 is 17.2 Å². The van der Waals surface area contributed by atoms with Gasteiger partial charge in [0.2, 0.25) is 5.91 Å².